The van der Waals surface area contributed by atoms with E-state index in [1.807, 2.05) is 13.0 Å². The minimum atomic E-state index is -1.32. The van der Waals surface area contributed by atoms with Gasteiger partial charge in [-0.1, -0.05) is 13.3 Å². The van der Waals surface area contributed by atoms with Gasteiger partial charge in [0.05, 0.1) is 12.0 Å². The Labute approximate surface area is 162 Å². The van der Waals surface area contributed by atoms with E-state index in [0.717, 1.165) is 35.8 Å². The molecule has 0 aliphatic heterocycles. The Kier molecular flexibility index (Phi) is 5.72. The van der Waals surface area contributed by atoms with Crippen LogP contribution in [0.15, 0.2) is 21.3 Å². The number of carbonyl (C=O) groups excluding carboxylic acids is 2. The van der Waals surface area contributed by atoms with Crippen molar-refractivity contribution < 1.29 is 23.8 Å². The van der Waals surface area contributed by atoms with E-state index in [0.29, 0.717) is 23.3 Å². The van der Waals surface area contributed by atoms with Gasteiger partial charge in [-0.2, -0.15) is 0 Å². The monoisotopic (exact) mass is 386 g/mol. The Morgan fingerprint density at radius 2 is 2.00 bits per heavy atom. The molecule has 2 atom stereocenters. The Morgan fingerprint density at radius 1 is 1.29 bits per heavy atom. The molecule has 0 radical (unpaired) electrons. The minimum Gasteiger partial charge on any atom is -0.548 e. The van der Waals surface area contributed by atoms with E-state index in [1.165, 1.54) is 6.92 Å². The van der Waals surface area contributed by atoms with Gasteiger partial charge in [0.15, 0.2) is 6.10 Å². The van der Waals surface area contributed by atoms with E-state index >= 15 is 0 Å². The van der Waals surface area contributed by atoms with Gasteiger partial charge in [0.25, 0.3) is 5.91 Å². The van der Waals surface area contributed by atoms with Crippen molar-refractivity contribution in [3.8, 4) is 5.75 Å². The molecule has 150 valence electrons. The summed E-state index contributed by atoms with van der Waals surface area (Å²) in [5.41, 5.74) is 2.56. The Bertz CT molecular complexity index is 977. The number of amides is 1. The molecule has 28 heavy (non-hydrogen) atoms. The molecule has 0 saturated heterocycles. The van der Waals surface area contributed by atoms with Crippen LogP contribution in [-0.4, -0.2) is 24.0 Å². The van der Waals surface area contributed by atoms with Gasteiger partial charge in [-0.3, -0.25) is 4.79 Å². The number of aryl methyl sites for hydroxylation is 2. The number of carbonyl (C=O) groups is 2. The molecule has 0 fully saturated rings. The highest BCUT2D eigenvalue weighted by atomic mass is 16.5. The fourth-order valence-electron chi connectivity index (χ4n) is 3.66. The lowest BCUT2D eigenvalue weighted by Crippen LogP contribution is -2.51. The van der Waals surface area contributed by atoms with Crippen LogP contribution < -0.4 is 20.8 Å². The largest absolute Gasteiger partial charge is 0.548 e. The highest BCUT2D eigenvalue weighted by Crippen LogP contribution is 2.33. The molecule has 0 spiro atoms. The first kappa shape index (κ1) is 19.9. The second kappa shape index (κ2) is 8.04. The molecule has 2 aromatic rings. The van der Waals surface area contributed by atoms with Crippen molar-refractivity contribution in [2.45, 2.75) is 65.0 Å². The number of carboxylic acids is 1. The quantitative estimate of drug-likeness (QED) is 0.721. The Morgan fingerprint density at radius 3 is 2.68 bits per heavy atom. The average Bonchev–Trinajstić information content (AvgIpc) is 3.14. The Balaban J connectivity index is 1.83. The summed E-state index contributed by atoms with van der Waals surface area (Å²) in [5, 5.41) is 14.5. The summed E-state index contributed by atoms with van der Waals surface area (Å²) in [5.74, 6) is -1.45. The van der Waals surface area contributed by atoms with E-state index in [4.69, 9.17) is 9.15 Å². The summed E-state index contributed by atoms with van der Waals surface area (Å²) < 4.78 is 11.3. The second-order valence-electron chi connectivity index (χ2n) is 7.19. The van der Waals surface area contributed by atoms with Crippen LogP contribution in [0.1, 0.15) is 49.8 Å². The predicted molar refractivity (Wildman–Crippen MR) is 101 cm³/mol. The normalized spacial score (nSPS) is 15.1. The van der Waals surface area contributed by atoms with Gasteiger partial charge in [0.2, 0.25) is 0 Å². The Hall–Kier alpha value is -2.83. The number of aliphatic carboxylic acids is 1. The molecular formula is C21H24NO6-. The average molecular weight is 386 g/mol. The van der Waals surface area contributed by atoms with Crippen LogP contribution in [0.5, 0.6) is 5.75 Å². The zero-order valence-corrected chi connectivity index (χ0v) is 16.3. The first-order valence-corrected chi connectivity index (χ1v) is 9.59. The topological polar surface area (TPSA) is 109 Å². The summed E-state index contributed by atoms with van der Waals surface area (Å²) >= 11 is 0. The van der Waals surface area contributed by atoms with E-state index < -0.39 is 24.0 Å². The molecule has 1 aliphatic carbocycles. The van der Waals surface area contributed by atoms with Crippen molar-refractivity contribution in [1.29, 1.82) is 0 Å². The molecule has 1 heterocycles. The lowest BCUT2D eigenvalue weighted by molar-refractivity contribution is -0.308. The van der Waals surface area contributed by atoms with Crippen molar-refractivity contribution in [3.05, 3.63) is 39.2 Å². The number of ether oxygens (including phenoxy) is 1. The van der Waals surface area contributed by atoms with E-state index in [9.17, 15) is 19.5 Å². The first-order valence-electron chi connectivity index (χ1n) is 9.59. The maximum Gasteiger partial charge on any atom is 0.339 e. The lowest BCUT2D eigenvalue weighted by atomic mass is 10.0. The van der Waals surface area contributed by atoms with Gasteiger partial charge >= 0.3 is 5.63 Å². The van der Waals surface area contributed by atoms with E-state index in [2.05, 4.69) is 5.32 Å². The van der Waals surface area contributed by atoms with Crippen molar-refractivity contribution in [2.24, 2.45) is 0 Å². The first-order chi connectivity index (χ1) is 13.3. The van der Waals surface area contributed by atoms with Crippen molar-refractivity contribution in [3.63, 3.8) is 0 Å². The van der Waals surface area contributed by atoms with Crippen LogP contribution in [-0.2, 0) is 22.4 Å². The van der Waals surface area contributed by atoms with Crippen molar-refractivity contribution >= 4 is 22.8 Å². The van der Waals surface area contributed by atoms with E-state index in [1.54, 1.807) is 13.0 Å². The third-order valence-electron chi connectivity index (χ3n) is 5.19. The van der Waals surface area contributed by atoms with Gasteiger partial charge in [-0.05, 0) is 57.2 Å². The lowest BCUT2D eigenvalue weighted by Gasteiger charge is -2.22. The highest BCUT2D eigenvalue weighted by Gasteiger charge is 2.23. The van der Waals surface area contributed by atoms with Gasteiger partial charge in [0.1, 0.15) is 11.3 Å². The third kappa shape index (κ3) is 3.74. The predicted octanol–water partition coefficient (Wildman–Crippen LogP) is 1.39. The third-order valence-corrected chi connectivity index (χ3v) is 5.19. The molecule has 1 aliphatic rings. The summed E-state index contributed by atoms with van der Waals surface area (Å²) in [6, 6.07) is 2.54. The standard InChI is InChI=1S/C21H25NO6/c1-4-6-16(20(24)25)22-19(23)12(3)27-17-10-9-14-13-7-5-8-15(13)21(26)28-18(14)11(17)2/h9-10,12,16H,4-8H2,1-3H3,(H,22,23)(H,24,25)/p-1/t12-,16-/m0/s1. The smallest absolute Gasteiger partial charge is 0.339 e. The minimum absolute atomic E-state index is 0.284. The molecule has 1 aromatic carbocycles. The van der Waals surface area contributed by atoms with Gasteiger partial charge in [-0.25, -0.2) is 4.79 Å². The summed E-state index contributed by atoms with van der Waals surface area (Å²) in [6.07, 6.45) is 2.48. The summed E-state index contributed by atoms with van der Waals surface area (Å²) in [4.78, 5) is 35.7. The van der Waals surface area contributed by atoms with Crippen LogP contribution >= 0.6 is 0 Å². The zero-order valence-electron chi connectivity index (χ0n) is 16.3. The maximum atomic E-state index is 12.3. The maximum absolute atomic E-state index is 12.3. The van der Waals surface area contributed by atoms with Crippen LogP contribution in [0.25, 0.3) is 11.0 Å². The second-order valence-corrected chi connectivity index (χ2v) is 7.19. The molecule has 7 heteroatoms. The van der Waals surface area contributed by atoms with Gasteiger partial charge in [-0.15, -0.1) is 0 Å². The fourth-order valence-corrected chi connectivity index (χ4v) is 3.66. The molecule has 0 unspecified atom stereocenters. The molecule has 7 nitrogen and oxygen atoms in total. The SMILES string of the molecule is CCC[C@H](NC(=O)[C@H](C)Oc1ccc2c3c(c(=O)oc2c1C)CCC3)C(=O)[O-]. The van der Waals surface area contributed by atoms with Crippen molar-refractivity contribution in [1.82, 2.24) is 5.32 Å². The number of rotatable bonds is 7. The molecule has 0 saturated carbocycles. The number of benzene rings is 1. The molecule has 3 rings (SSSR count). The van der Waals surface area contributed by atoms with Crippen LogP contribution in [0, 0.1) is 6.92 Å². The zero-order chi connectivity index (χ0) is 20.4. The van der Waals surface area contributed by atoms with Crippen molar-refractivity contribution in [2.75, 3.05) is 0 Å². The van der Waals surface area contributed by atoms with Gasteiger partial charge in [0, 0.05) is 16.5 Å². The van der Waals surface area contributed by atoms with Crippen LogP contribution in [0.3, 0.4) is 0 Å². The molecular weight excluding hydrogens is 362 g/mol. The molecule has 0 bridgehead atoms. The van der Waals surface area contributed by atoms with Crippen LogP contribution in [0.4, 0.5) is 0 Å². The molecule has 1 N–H and O–H groups in total. The van der Waals surface area contributed by atoms with Crippen LogP contribution in [0.2, 0.25) is 0 Å². The summed E-state index contributed by atoms with van der Waals surface area (Å²) in [6.45, 7) is 5.13. The van der Waals surface area contributed by atoms with Gasteiger partial charge < -0.3 is 24.4 Å². The number of nitrogens with one attached hydrogen (secondary N) is 1. The highest BCUT2D eigenvalue weighted by molar-refractivity contribution is 5.87. The number of fused-ring (bicyclic) bond motifs is 3. The number of hydrogen-bond donors (Lipinski definition) is 1. The van der Waals surface area contributed by atoms with E-state index in [-0.39, 0.29) is 12.0 Å². The molecule has 1 amide bonds. The fraction of sp³-hybridized carbons (Fsp3) is 0.476. The summed E-state index contributed by atoms with van der Waals surface area (Å²) in [7, 11) is 0. The number of hydrogen-bond acceptors (Lipinski definition) is 6. The molecule has 1 aromatic heterocycles. The number of carboxylic acid groups (broad SMARTS) is 1.